The number of benzene rings is 2. The highest BCUT2D eigenvalue weighted by Crippen LogP contribution is 2.27. The lowest BCUT2D eigenvalue weighted by Crippen LogP contribution is -2.58. The predicted octanol–water partition coefficient (Wildman–Crippen LogP) is 4.92. The van der Waals surface area contributed by atoms with Gasteiger partial charge in [-0.1, -0.05) is 6.42 Å². The molecule has 3 heterocycles. The zero-order valence-electron chi connectivity index (χ0n) is 23.7. The number of carbonyl (C=O) groups excluding carboxylic acids is 2. The summed E-state index contributed by atoms with van der Waals surface area (Å²) in [5.41, 5.74) is 2.46. The van der Waals surface area contributed by atoms with E-state index in [9.17, 15) is 9.59 Å². The van der Waals surface area contributed by atoms with Crippen LogP contribution in [0, 0.1) is 0 Å². The van der Waals surface area contributed by atoms with Crippen LogP contribution in [0.25, 0.3) is 0 Å². The largest absolute Gasteiger partial charge is 0.494 e. The molecule has 210 valence electrons. The lowest BCUT2D eigenvalue weighted by Gasteiger charge is -2.45. The van der Waals surface area contributed by atoms with Gasteiger partial charge < -0.3 is 24.3 Å². The van der Waals surface area contributed by atoms with Gasteiger partial charge in [-0.25, -0.2) is 0 Å². The number of likely N-dealkylation sites (tertiary alicyclic amines) is 2. The van der Waals surface area contributed by atoms with Crippen LogP contribution in [0.4, 0.5) is 5.69 Å². The standard InChI is InChI=1S/C32H44N4O3/c1-25-24-36(32(38)28-11-9-27(10-12-28)31(37)34-20-6-7-21-34)26(2)23-35(25)29-13-15-30(16-14-29)39-22-8-19-33-17-4-3-5-18-33/h9-16,25-26H,3-8,17-24H2,1-2H3/t25-,26-/m1/s1. The second-order valence-electron chi connectivity index (χ2n) is 11.5. The van der Waals surface area contributed by atoms with Crippen LogP contribution in [-0.4, -0.2) is 91.0 Å². The van der Waals surface area contributed by atoms with Crippen molar-refractivity contribution < 1.29 is 14.3 Å². The molecule has 2 atom stereocenters. The third-order valence-corrected chi connectivity index (χ3v) is 8.52. The molecule has 0 bridgehead atoms. The second-order valence-corrected chi connectivity index (χ2v) is 11.5. The van der Waals surface area contributed by atoms with Crippen molar-refractivity contribution in [1.82, 2.24) is 14.7 Å². The van der Waals surface area contributed by atoms with Gasteiger partial charge in [0.05, 0.1) is 6.61 Å². The molecule has 0 aromatic heterocycles. The molecule has 5 rings (SSSR count). The van der Waals surface area contributed by atoms with Gasteiger partial charge in [-0.05, 0) is 108 Å². The molecule has 0 aliphatic carbocycles. The monoisotopic (exact) mass is 532 g/mol. The summed E-state index contributed by atoms with van der Waals surface area (Å²) < 4.78 is 6.02. The average molecular weight is 533 g/mol. The quantitative estimate of drug-likeness (QED) is 0.452. The van der Waals surface area contributed by atoms with Crippen LogP contribution in [0.5, 0.6) is 5.75 Å². The van der Waals surface area contributed by atoms with Crippen molar-refractivity contribution in [1.29, 1.82) is 0 Å². The van der Waals surface area contributed by atoms with Crippen molar-refractivity contribution in [2.75, 3.05) is 57.3 Å². The molecule has 0 saturated carbocycles. The highest BCUT2D eigenvalue weighted by Gasteiger charge is 2.32. The first kappa shape index (κ1) is 27.5. The lowest BCUT2D eigenvalue weighted by atomic mass is 10.0. The Labute approximate surface area is 233 Å². The van der Waals surface area contributed by atoms with Gasteiger partial charge in [0.15, 0.2) is 0 Å². The van der Waals surface area contributed by atoms with Gasteiger partial charge >= 0.3 is 0 Å². The minimum absolute atomic E-state index is 0.0301. The van der Waals surface area contributed by atoms with Crippen LogP contribution in [0.1, 0.15) is 73.1 Å². The SMILES string of the molecule is C[C@@H]1CN(c2ccc(OCCCN3CCCCC3)cc2)[C@H](C)CN1C(=O)c1ccc(C(=O)N2CCCC2)cc1. The van der Waals surface area contributed by atoms with E-state index in [4.69, 9.17) is 4.74 Å². The minimum atomic E-state index is 0.0301. The van der Waals surface area contributed by atoms with E-state index in [0.717, 1.165) is 63.5 Å². The van der Waals surface area contributed by atoms with Crippen molar-refractivity contribution in [2.24, 2.45) is 0 Å². The summed E-state index contributed by atoms with van der Waals surface area (Å²) in [4.78, 5) is 34.9. The molecular weight excluding hydrogens is 488 g/mol. The fourth-order valence-electron chi connectivity index (χ4n) is 6.19. The van der Waals surface area contributed by atoms with Gasteiger partial charge in [-0.15, -0.1) is 0 Å². The maximum Gasteiger partial charge on any atom is 0.254 e. The number of hydrogen-bond donors (Lipinski definition) is 0. The molecular formula is C32H44N4O3. The Morgan fingerprint density at radius 3 is 2.03 bits per heavy atom. The first-order valence-corrected chi connectivity index (χ1v) is 14.9. The molecule has 0 radical (unpaired) electrons. The van der Waals surface area contributed by atoms with Crippen LogP contribution in [-0.2, 0) is 0 Å². The summed E-state index contributed by atoms with van der Waals surface area (Å²) in [5, 5.41) is 0. The van der Waals surface area contributed by atoms with Gasteiger partial charge in [0.25, 0.3) is 11.8 Å². The molecule has 39 heavy (non-hydrogen) atoms. The van der Waals surface area contributed by atoms with Crippen molar-refractivity contribution in [3.8, 4) is 5.75 Å². The summed E-state index contributed by atoms with van der Waals surface area (Å²) in [6.07, 6.45) is 7.23. The Kier molecular flexibility index (Phi) is 9.07. The highest BCUT2D eigenvalue weighted by atomic mass is 16.5. The van der Waals surface area contributed by atoms with Crippen molar-refractivity contribution in [3.05, 3.63) is 59.7 Å². The first-order valence-electron chi connectivity index (χ1n) is 14.9. The maximum atomic E-state index is 13.4. The first-order chi connectivity index (χ1) is 19.0. The van der Waals surface area contributed by atoms with Gasteiger partial charge in [-0.2, -0.15) is 0 Å². The highest BCUT2D eigenvalue weighted by molar-refractivity contribution is 5.98. The predicted molar refractivity (Wildman–Crippen MR) is 156 cm³/mol. The molecule has 7 heteroatoms. The van der Waals surface area contributed by atoms with Gasteiger partial charge in [0, 0.05) is 61.6 Å². The van der Waals surface area contributed by atoms with E-state index in [1.54, 1.807) is 24.3 Å². The topological polar surface area (TPSA) is 56.3 Å². The number of nitrogens with zero attached hydrogens (tertiary/aromatic N) is 4. The number of anilines is 1. The molecule has 0 N–H and O–H groups in total. The lowest BCUT2D eigenvalue weighted by molar-refractivity contribution is 0.0644. The van der Waals surface area contributed by atoms with Crippen molar-refractivity contribution >= 4 is 17.5 Å². The zero-order chi connectivity index (χ0) is 27.2. The fourth-order valence-corrected chi connectivity index (χ4v) is 6.19. The summed E-state index contributed by atoms with van der Waals surface area (Å²) in [7, 11) is 0. The van der Waals surface area contributed by atoms with E-state index in [0.29, 0.717) is 17.7 Å². The van der Waals surface area contributed by atoms with E-state index >= 15 is 0 Å². The zero-order valence-corrected chi connectivity index (χ0v) is 23.7. The molecule has 3 saturated heterocycles. The minimum Gasteiger partial charge on any atom is -0.494 e. The third-order valence-electron chi connectivity index (χ3n) is 8.52. The molecule has 2 aromatic rings. The van der Waals surface area contributed by atoms with Crippen LogP contribution in [0.15, 0.2) is 48.5 Å². The smallest absolute Gasteiger partial charge is 0.254 e. The van der Waals surface area contributed by atoms with Crippen LogP contribution in [0.2, 0.25) is 0 Å². The van der Waals surface area contributed by atoms with E-state index in [1.165, 1.54) is 32.4 Å². The molecule has 0 unspecified atom stereocenters. The number of ether oxygens (including phenoxy) is 1. The van der Waals surface area contributed by atoms with E-state index in [-0.39, 0.29) is 23.9 Å². The number of piperidine rings is 1. The van der Waals surface area contributed by atoms with E-state index < -0.39 is 0 Å². The van der Waals surface area contributed by atoms with Crippen molar-refractivity contribution in [2.45, 2.75) is 64.5 Å². The second kappa shape index (κ2) is 12.9. The summed E-state index contributed by atoms with van der Waals surface area (Å²) >= 11 is 0. The van der Waals surface area contributed by atoms with E-state index in [1.807, 2.05) is 9.80 Å². The molecule has 7 nitrogen and oxygen atoms in total. The number of rotatable bonds is 8. The molecule has 2 amide bonds. The number of amides is 2. The third kappa shape index (κ3) is 6.75. The van der Waals surface area contributed by atoms with Gasteiger partial charge in [0.2, 0.25) is 0 Å². The Bertz CT molecular complexity index is 1090. The van der Waals surface area contributed by atoms with Gasteiger partial charge in [0.1, 0.15) is 5.75 Å². The summed E-state index contributed by atoms with van der Waals surface area (Å²) in [5.74, 6) is 1.01. The normalized spacial score (nSPS) is 22.3. The van der Waals surface area contributed by atoms with Crippen LogP contribution < -0.4 is 9.64 Å². The molecule has 2 aromatic carbocycles. The maximum absolute atomic E-state index is 13.4. The summed E-state index contributed by atoms with van der Waals surface area (Å²) in [6.45, 7) is 11.7. The molecule has 0 spiro atoms. The molecule has 3 aliphatic rings. The summed E-state index contributed by atoms with van der Waals surface area (Å²) in [6, 6.07) is 15.9. The molecule has 3 fully saturated rings. The Morgan fingerprint density at radius 2 is 1.36 bits per heavy atom. The van der Waals surface area contributed by atoms with Crippen molar-refractivity contribution in [3.63, 3.8) is 0 Å². The van der Waals surface area contributed by atoms with Gasteiger partial charge in [-0.3, -0.25) is 9.59 Å². The Morgan fingerprint density at radius 1 is 0.744 bits per heavy atom. The molecule has 3 aliphatic heterocycles. The van der Waals surface area contributed by atoms with E-state index in [2.05, 4.69) is 47.9 Å². The van der Waals surface area contributed by atoms with Crippen LogP contribution >= 0.6 is 0 Å². The number of piperazine rings is 1. The van der Waals surface area contributed by atoms with Crippen LogP contribution in [0.3, 0.4) is 0 Å². The number of hydrogen-bond acceptors (Lipinski definition) is 5. The Balaban J connectivity index is 1.12. The number of carbonyl (C=O) groups is 2. The average Bonchev–Trinajstić information content (AvgIpc) is 3.52. The fraction of sp³-hybridized carbons (Fsp3) is 0.562. The Hall–Kier alpha value is -3.06.